The molecule has 1 N–H and O–H groups in total. The van der Waals surface area contributed by atoms with Gasteiger partial charge in [-0.3, -0.25) is 0 Å². The van der Waals surface area contributed by atoms with E-state index in [4.69, 9.17) is 5.11 Å². The van der Waals surface area contributed by atoms with E-state index >= 15 is 0 Å². The van der Waals surface area contributed by atoms with Crippen molar-refractivity contribution >= 4 is 17.3 Å². The number of carboxylic acid groups (broad SMARTS) is 1. The fraction of sp³-hybridized carbons (Fsp3) is 0.733. The molecule has 1 aliphatic rings. The Labute approximate surface area is 124 Å². The zero-order valence-corrected chi connectivity index (χ0v) is 13.2. The maximum atomic E-state index is 10.8. The molecular weight excluding hydrogens is 272 g/mol. The molecule has 1 aliphatic heterocycles. The van der Waals surface area contributed by atoms with Gasteiger partial charge in [0, 0.05) is 31.4 Å². The molecule has 1 aromatic rings. The third kappa shape index (κ3) is 3.58. The van der Waals surface area contributed by atoms with Gasteiger partial charge in [0.2, 0.25) is 0 Å². The van der Waals surface area contributed by atoms with Crippen LogP contribution in [-0.2, 0) is 6.42 Å². The van der Waals surface area contributed by atoms with Crippen LogP contribution in [0.5, 0.6) is 0 Å². The monoisotopic (exact) mass is 296 g/mol. The first-order valence-electron chi connectivity index (χ1n) is 7.48. The van der Waals surface area contributed by atoms with Gasteiger partial charge in [-0.1, -0.05) is 26.7 Å². The summed E-state index contributed by atoms with van der Waals surface area (Å²) >= 11 is 1.46. The molecular formula is C15H24N2O2S. The molecule has 5 heteroatoms. The van der Waals surface area contributed by atoms with Crippen molar-refractivity contribution < 1.29 is 9.90 Å². The van der Waals surface area contributed by atoms with Crippen LogP contribution < -0.4 is 0 Å². The average molecular weight is 296 g/mol. The summed E-state index contributed by atoms with van der Waals surface area (Å²) in [7, 11) is 0. The minimum absolute atomic E-state index is 0.180. The standard InChI is InChI=1S/C15H24N2O2S/c1-3-6-15(7-4-2)10-17(11-15)8-5-13-16-12(9-20-13)14(18)19/h9H,3-8,10-11H2,1-2H3,(H,18,19). The first-order valence-corrected chi connectivity index (χ1v) is 8.36. The highest BCUT2D eigenvalue weighted by molar-refractivity contribution is 7.09. The van der Waals surface area contributed by atoms with E-state index in [1.54, 1.807) is 5.38 Å². The van der Waals surface area contributed by atoms with E-state index in [0.29, 0.717) is 5.41 Å². The van der Waals surface area contributed by atoms with Gasteiger partial charge in [-0.15, -0.1) is 11.3 Å². The second kappa shape index (κ2) is 6.68. The summed E-state index contributed by atoms with van der Waals surface area (Å²) in [6.45, 7) is 7.94. The maximum absolute atomic E-state index is 10.8. The minimum atomic E-state index is -0.929. The lowest BCUT2D eigenvalue weighted by Crippen LogP contribution is -2.56. The zero-order valence-electron chi connectivity index (χ0n) is 12.4. The Morgan fingerprint density at radius 3 is 2.55 bits per heavy atom. The van der Waals surface area contributed by atoms with Crippen molar-refractivity contribution in [1.29, 1.82) is 0 Å². The molecule has 0 atom stereocenters. The summed E-state index contributed by atoms with van der Waals surface area (Å²) in [5, 5.41) is 11.4. The summed E-state index contributed by atoms with van der Waals surface area (Å²) in [4.78, 5) is 17.4. The van der Waals surface area contributed by atoms with Crippen molar-refractivity contribution in [3.8, 4) is 0 Å². The smallest absolute Gasteiger partial charge is 0.355 e. The van der Waals surface area contributed by atoms with E-state index in [0.717, 1.165) is 18.0 Å². The van der Waals surface area contributed by atoms with Crippen LogP contribution >= 0.6 is 11.3 Å². The molecule has 0 amide bonds. The van der Waals surface area contributed by atoms with Crippen molar-refractivity contribution in [2.45, 2.75) is 46.0 Å². The lowest BCUT2D eigenvalue weighted by atomic mass is 9.72. The number of aromatic carboxylic acids is 1. The lowest BCUT2D eigenvalue weighted by molar-refractivity contribution is -0.0134. The number of thiazole rings is 1. The van der Waals surface area contributed by atoms with Gasteiger partial charge in [-0.25, -0.2) is 9.78 Å². The van der Waals surface area contributed by atoms with Crippen LogP contribution in [0.1, 0.15) is 55.0 Å². The highest BCUT2D eigenvalue weighted by Gasteiger charge is 2.40. The number of hydrogen-bond acceptors (Lipinski definition) is 4. The topological polar surface area (TPSA) is 53.4 Å². The summed E-state index contributed by atoms with van der Waals surface area (Å²) in [6, 6.07) is 0. The van der Waals surface area contributed by atoms with E-state index in [1.165, 1.54) is 50.1 Å². The van der Waals surface area contributed by atoms with Crippen LogP contribution in [0.3, 0.4) is 0 Å². The minimum Gasteiger partial charge on any atom is -0.476 e. The van der Waals surface area contributed by atoms with Gasteiger partial charge in [-0.2, -0.15) is 0 Å². The van der Waals surface area contributed by atoms with Crippen LogP contribution in [0.4, 0.5) is 0 Å². The van der Waals surface area contributed by atoms with Crippen LogP contribution in [0, 0.1) is 5.41 Å². The van der Waals surface area contributed by atoms with Gasteiger partial charge in [0.25, 0.3) is 0 Å². The first kappa shape index (κ1) is 15.4. The maximum Gasteiger partial charge on any atom is 0.355 e. The van der Waals surface area contributed by atoms with Crippen LogP contribution in [0.25, 0.3) is 0 Å². The summed E-state index contributed by atoms with van der Waals surface area (Å²) < 4.78 is 0. The van der Waals surface area contributed by atoms with Gasteiger partial charge in [0.05, 0.1) is 5.01 Å². The fourth-order valence-electron chi connectivity index (χ4n) is 3.34. The van der Waals surface area contributed by atoms with Crippen molar-refractivity contribution in [3.05, 3.63) is 16.1 Å². The molecule has 0 spiro atoms. The predicted molar refractivity (Wildman–Crippen MR) is 81.5 cm³/mol. The van der Waals surface area contributed by atoms with Gasteiger partial charge in [0.15, 0.2) is 5.69 Å². The largest absolute Gasteiger partial charge is 0.476 e. The highest BCUT2D eigenvalue weighted by Crippen LogP contribution is 2.39. The molecule has 2 heterocycles. The third-order valence-corrected chi connectivity index (χ3v) is 5.00. The molecule has 4 nitrogen and oxygen atoms in total. The van der Waals surface area contributed by atoms with Crippen molar-refractivity contribution in [2.75, 3.05) is 19.6 Å². The van der Waals surface area contributed by atoms with Crippen LogP contribution in [-0.4, -0.2) is 40.6 Å². The Bertz CT molecular complexity index is 444. The van der Waals surface area contributed by atoms with E-state index in [2.05, 4.69) is 23.7 Å². The van der Waals surface area contributed by atoms with Gasteiger partial charge in [-0.05, 0) is 18.3 Å². The summed E-state index contributed by atoms with van der Waals surface area (Å²) in [6.07, 6.45) is 6.06. The fourth-order valence-corrected chi connectivity index (χ4v) is 4.10. The lowest BCUT2D eigenvalue weighted by Gasteiger charge is -2.51. The number of hydrogen-bond donors (Lipinski definition) is 1. The van der Waals surface area contributed by atoms with Gasteiger partial charge >= 0.3 is 5.97 Å². The SMILES string of the molecule is CCCC1(CCC)CN(CCc2nc(C(=O)O)cs2)C1. The van der Waals surface area contributed by atoms with E-state index in [9.17, 15) is 4.79 Å². The Morgan fingerprint density at radius 2 is 2.05 bits per heavy atom. The molecule has 0 unspecified atom stereocenters. The molecule has 20 heavy (non-hydrogen) atoms. The number of carboxylic acids is 1. The molecule has 1 saturated heterocycles. The Balaban J connectivity index is 1.77. The molecule has 112 valence electrons. The van der Waals surface area contributed by atoms with Crippen molar-refractivity contribution in [3.63, 3.8) is 0 Å². The van der Waals surface area contributed by atoms with Crippen molar-refractivity contribution in [1.82, 2.24) is 9.88 Å². The quantitative estimate of drug-likeness (QED) is 0.800. The molecule has 0 aromatic carbocycles. The Hall–Kier alpha value is -0.940. The third-order valence-electron chi connectivity index (χ3n) is 4.09. The van der Waals surface area contributed by atoms with Crippen LogP contribution in [0.15, 0.2) is 5.38 Å². The molecule has 0 saturated carbocycles. The molecule has 1 fully saturated rings. The number of aromatic nitrogens is 1. The Kier molecular flexibility index (Phi) is 5.16. The van der Waals surface area contributed by atoms with E-state index in [-0.39, 0.29) is 5.69 Å². The average Bonchev–Trinajstić information content (AvgIpc) is 2.82. The molecule has 2 rings (SSSR count). The van der Waals surface area contributed by atoms with Gasteiger partial charge in [0.1, 0.15) is 0 Å². The Morgan fingerprint density at radius 1 is 1.40 bits per heavy atom. The normalized spacial score (nSPS) is 17.9. The molecule has 0 aliphatic carbocycles. The molecule has 0 bridgehead atoms. The number of likely N-dealkylation sites (tertiary alicyclic amines) is 1. The van der Waals surface area contributed by atoms with Crippen molar-refractivity contribution in [2.24, 2.45) is 5.41 Å². The molecule has 1 aromatic heterocycles. The second-order valence-electron chi connectivity index (χ2n) is 5.89. The predicted octanol–water partition coefficient (Wildman–Crippen LogP) is 3.29. The van der Waals surface area contributed by atoms with E-state index in [1.807, 2.05) is 0 Å². The zero-order chi connectivity index (χ0) is 14.6. The molecule has 0 radical (unpaired) electrons. The second-order valence-corrected chi connectivity index (χ2v) is 6.83. The van der Waals surface area contributed by atoms with Gasteiger partial charge < -0.3 is 10.0 Å². The van der Waals surface area contributed by atoms with E-state index < -0.39 is 5.97 Å². The number of carbonyl (C=O) groups is 1. The number of rotatable bonds is 8. The summed E-state index contributed by atoms with van der Waals surface area (Å²) in [5.74, 6) is -0.929. The first-order chi connectivity index (χ1) is 9.58. The van der Waals surface area contributed by atoms with Crippen LogP contribution in [0.2, 0.25) is 0 Å². The summed E-state index contributed by atoms with van der Waals surface area (Å²) in [5.41, 5.74) is 0.735. The highest BCUT2D eigenvalue weighted by atomic mass is 32.1. The number of nitrogens with zero attached hydrogens (tertiary/aromatic N) is 2.